The maximum atomic E-state index is 13.3. The van der Waals surface area contributed by atoms with Gasteiger partial charge in [0.05, 0.1) is 5.56 Å². The number of rotatable bonds is 3. The van der Waals surface area contributed by atoms with Gasteiger partial charge in [-0.25, -0.2) is 4.39 Å². The van der Waals surface area contributed by atoms with Gasteiger partial charge in [-0.05, 0) is 43.4 Å². The number of amides is 1. The molecular weight excluding hydrogens is 255 g/mol. The highest BCUT2D eigenvalue weighted by Gasteiger charge is 2.18. The summed E-state index contributed by atoms with van der Waals surface area (Å²) in [6.45, 7) is 0.683. The molecule has 3 nitrogen and oxygen atoms in total. The van der Waals surface area contributed by atoms with Crippen molar-refractivity contribution in [3.8, 4) is 6.07 Å². The standard InChI is InChI=1S/C16H17FN2O/c1-19(11-12-5-3-2-4-6-12)16(20)13-7-8-15(17)14(9-13)10-18/h2-3,7-9,12H,4-6,11H2,1H3. The highest BCUT2D eigenvalue weighted by molar-refractivity contribution is 5.94. The fraction of sp³-hybridized carbons (Fsp3) is 0.375. The summed E-state index contributed by atoms with van der Waals surface area (Å²) >= 11 is 0. The quantitative estimate of drug-likeness (QED) is 0.793. The molecule has 1 aromatic rings. The Balaban J connectivity index is 2.06. The number of hydrogen-bond acceptors (Lipinski definition) is 2. The number of nitriles is 1. The molecule has 4 heteroatoms. The van der Waals surface area contributed by atoms with E-state index in [9.17, 15) is 9.18 Å². The summed E-state index contributed by atoms with van der Waals surface area (Å²) < 4.78 is 13.3. The van der Waals surface area contributed by atoms with Gasteiger partial charge in [-0.3, -0.25) is 4.79 Å². The van der Waals surface area contributed by atoms with E-state index in [1.54, 1.807) is 18.0 Å². The second-order valence-electron chi connectivity index (χ2n) is 5.14. The first-order chi connectivity index (χ1) is 9.61. The van der Waals surface area contributed by atoms with Crippen molar-refractivity contribution in [1.82, 2.24) is 4.90 Å². The number of nitrogens with zero attached hydrogens (tertiary/aromatic N) is 2. The summed E-state index contributed by atoms with van der Waals surface area (Å²) in [7, 11) is 1.75. The van der Waals surface area contributed by atoms with Crippen molar-refractivity contribution in [2.75, 3.05) is 13.6 Å². The lowest BCUT2D eigenvalue weighted by Gasteiger charge is -2.25. The second kappa shape index (κ2) is 6.33. The van der Waals surface area contributed by atoms with Crippen LogP contribution in [0, 0.1) is 23.1 Å². The van der Waals surface area contributed by atoms with Crippen LogP contribution >= 0.6 is 0 Å². The Hall–Kier alpha value is -2.15. The largest absolute Gasteiger partial charge is 0.341 e. The third-order valence-electron chi connectivity index (χ3n) is 3.59. The third-order valence-corrected chi connectivity index (χ3v) is 3.59. The zero-order valence-corrected chi connectivity index (χ0v) is 11.5. The summed E-state index contributed by atoms with van der Waals surface area (Å²) in [5, 5.41) is 8.80. The van der Waals surface area contributed by atoms with Crippen LogP contribution in [0.3, 0.4) is 0 Å². The maximum Gasteiger partial charge on any atom is 0.253 e. The molecule has 1 amide bonds. The highest BCUT2D eigenvalue weighted by atomic mass is 19.1. The molecule has 0 spiro atoms. The van der Waals surface area contributed by atoms with Crippen molar-refractivity contribution >= 4 is 5.91 Å². The molecule has 1 aliphatic rings. The van der Waals surface area contributed by atoms with Gasteiger partial charge in [0.15, 0.2) is 0 Å². The molecule has 0 N–H and O–H groups in total. The lowest BCUT2D eigenvalue weighted by Crippen LogP contribution is -2.32. The topological polar surface area (TPSA) is 44.1 Å². The first kappa shape index (κ1) is 14.3. The van der Waals surface area contributed by atoms with E-state index in [1.807, 2.05) is 0 Å². The van der Waals surface area contributed by atoms with Crippen LogP contribution in [0.5, 0.6) is 0 Å². The Kier molecular flexibility index (Phi) is 4.52. The van der Waals surface area contributed by atoms with Gasteiger partial charge in [0.1, 0.15) is 11.9 Å². The van der Waals surface area contributed by atoms with Gasteiger partial charge in [-0.2, -0.15) is 5.26 Å². The smallest absolute Gasteiger partial charge is 0.253 e. The van der Waals surface area contributed by atoms with Crippen LogP contribution in [0.2, 0.25) is 0 Å². The maximum absolute atomic E-state index is 13.3. The average molecular weight is 272 g/mol. The summed E-state index contributed by atoms with van der Waals surface area (Å²) in [6.07, 6.45) is 7.45. The normalized spacial score (nSPS) is 17.6. The SMILES string of the molecule is CN(CC1CC=CCC1)C(=O)c1ccc(F)c(C#N)c1. The molecule has 0 saturated carbocycles. The van der Waals surface area contributed by atoms with E-state index in [0.717, 1.165) is 19.3 Å². The predicted molar refractivity (Wildman–Crippen MR) is 74.6 cm³/mol. The first-order valence-electron chi connectivity index (χ1n) is 6.72. The molecule has 104 valence electrons. The summed E-state index contributed by atoms with van der Waals surface area (Å²) in [5.74, 6) is -0.287. The zero-order chi connectivity index (χ0) is 14.5. The number of allylic oxidation sites excluding steroid dienone is 2. The average Bonchev–Trinajstić information content (AvgIpc) is 2.48. The molecule has 0 saturated heterocycles. The van der Waals surface area contributed by atoms with Gasteiger partial charge in [0.25, 0.3) is 5.91 Å². The monoisotopic (exact) mass is 272 g/mol. The Morgan fingerprint density at radius 3 is 2.95 bits per heavy atom. The number of hydrogen-bond donors (Lipinski definition) is 0. The van der Waals surface area contributed by atoms with Crippen LogP contribution in [0.1, 0.15) is 35.2 Å². The Bertz CT molecular complexity index is 574. The lowest BCUT2D eigenvalue weighted by atomic mass is 9.94. The Morgan fingerprint density at radius 1 is 1.50 bits per heavy atom. The molecule has 0 heterocycles. The Labute approximate surface area is 118 Å². The molecule has 20 heavy (non-hydrogen) atoms. The van der Waals surface area contributed by atoms with E-state index in [-0.39, 0.29) is 11.5 Å². The van der Waals surface area contributed by atoms with Crippen molar-refractivity contribution in [1.29, 1.82) is 5.26 Å². The minimum atomic E-state index is -0.593. The molecule has 0 bridgehead atoms. The minimum absolute atomic E-state index is 0.0927. The fourth-order valence-corrected chi connectivity index (χ4v) is 2.46. The minimum Gasteiger partial charge on any atom is -0.341 e. The molecule has 1 aromatic carbocycles. The van der Waals surface area contributed by atoms with Crippen molar-refractivity contribution in [2.45, 2.75) is 19.3 Å². The van der Waals surface area contributed by atoms with Crippen molar-refractivity contribution in [3.05, 3.63) is 47.3 Å². The van der Waals surface area contributed by atoms with Crippen molar-refractivity contribution in [2.24, 2.45) is 5.92 Å². The molecule has 1 aliphatic carbocycles. The van der Waals surface area contributed by atoms with E-state index in [0.29, 0.717) is 18.0 Å². The zero-order valence-electron chi connectivity index (χ0n) is 11.5. The first-order valence-corrected chi connectivity index (χ1v) is 6.72. The van der Waals surface area contributed by atoms with E-state index in [1.165, 1.54) is 18.2 Å². The van der Waals surface area contributed by atoms with Gasteiger partial charge in [0, 0.05) is 19.2 Å². The summed E-state index contributed by atoms with van der Waals surface area (Å²) in [4.78, 5) is 13.9. The van der Waals surface area contributed by atoms with Crippen LogP contribution in [-0.2, 0) is 0 Å². The fourth-order valence-electron chi connectivity index (χ4n) is 2.46. The number of halogens is 1. The predicted octanol–water partition coefficient (Wildman–Crippen LogP) is 3.13. The number of carbonyl (C=O) groups is 1. The molecule has 0 radical (unpaired) electrons. The van der Waals surface area contributed by atoms with Crippen LogP contribution in [0.4, 0.5) is 4.39 Å². The van der Waals surface area contributed by atoms with Crippen LogP contribution in [0.25, 0.3) is 0 Å². The lowest BCUT2D eigenvalue weighted by molar-refractivity contribution is 0.0769. The molecule has 1 atom stereocenters. The molecule has 0 aromatic heterocycles. The molecular formula is C16H17FN2O. The van der Waals surface area contributed by atoms with Crippen LogP contribution in [-0.4, -0.2) is 24.4 Å². The van der Waals surface area contributed by atoms with Gasteiger partial charge < -0.3 is 4.90 Å². The van der Waals surface area contributed by atoms with Crippen molar-refractivity contribution in [3.63, 3.8) is 0 Å². The number of benzene rings is 1. The van der Waals surface area contributed by atoms with Crippen LogP contribution < -0.4 is 0 Å². The number of carbonyl (C=O) groups excluding carboxylic acids is 1. The summed E-state index contributed by atoms with van der Waals surface area (Å²) in [6, 6.07) is 5.67. The Morgan fingerprint density at radius 2 is 2.30 bits per heavy atom. The third kappa shape index (κ3) is 3.24. The molecule has 2 rings (SSSR count). The van der Waals surface area contributed by atoms with Crippen molar-refractivity contribution < 1.29 is 9.18 Å². The highest BCUT2D eigenvalue weighted by Crippen LogP contribution is 2.20. The van der Waals surface area contributed by atoms with Gasteiger partial charge in [-0.1, -0.05) is 12.2 Å². The molecule has 1 unspecified atom stereocenters. The molecule has 0 aliphatic heterocycles. The van der Waals surface area contributed by atoms with E-state index in [4.69, 9.17) is 5.26 Å². The van der Waals surface area contributed by atoms with E-state index in [2.05, 4.69) is 12.2 Å². The van der Waals surface area contributed by atoms with Crippen LogP contribution in [0.15, 0.2) is 30.4 Å². The second-order valence-corrected chi connectivity index (χ2v) is 5.14. The molecule has 0 fully saturated rings. The van der Waals surface area contributed by atoms with E-state index >= 15 is 0 Å². The van der Waals surface area contributed by atoms with Gasteiger partial charge >= 0.3 is 0 Å². The van der Waals surface area contributed by atoms with E-state index < -0.39 is 5.82 Å². The van der Waals surface area contributed by atoms with Gasteiger partial charge in [-0.15, -0.1) is 0 Å². The van der Waals surface area contributed by atoms with Gasteiger partial charge in [0.2, 0.25) is 0 Å². The summed E-state index contributed by atoms with van der Waals surface area (Å²) in [5.41, 5.74) is 0.265.